The lowest BCUT2D eigenvalue weighted by molar-refractivity contribution is 0.570. The van der Waals surface area contributed by atoms with E-state index in [1.54, 1.807) is 17.2 Å². The monoisotopic (exact) mass is 334 g/mol. The highest BCUT2D eigenvalue weighted by Gasteiger charge is 2.28. The van der Waals surface area contributed by atoms with E-state index in [2.05, 4.69) is 9.97 Å². The molecule has 6 heteroatoms. The second kappa shape index (κ2) is 5.05. The van der Waals surface area contributed by atoms with Crippen molar-refractivity contribution in [3.05, 3.63) is 52.9 Å². The zero-order valence-electron chi connectivity index (χ0n) is 14.1. The normalized spacial score (nSPS) is 14.8. The molecule has 126 valence electrons. The van der Waals surface area contributed by atoms with Crippen molar-refractivity contribution in [2.75, 3.05) is 0 Å². The Balaban J connectivity index is 1.85. The van der Waals surface area contributed by atoms with Crippen LogP contribution < -0.4 is 5.56 Å². The van der Waals surface area contributed by atoms with Gasteiger partial charge in [0.25, 0.3) is 5.56 Å². The predicted molar refractivity (Wildman–Crippen MR) is 94.8 cm³/mol. The molecule has 4 aromatic rings. The molecule has 0 radical (unpaired) electrons. The summed E-state index contributed by atoms with van der Waals surface area (Å²) in [5.41, 5.74) is 3.74. The summed E-state index contributed by atoms with van der Waals surface area (Å²) in [5, 5.41) is 0. The van der Waals surface area contributed by atoms with Crippen LogP contribution in [0.2, 0.25) is 0 Å². The Labute approximate surface area is 143 Å². The van der Waals surface area contributed by atoms with E-state index in [1.165, 1.54) is 0 Å². The van der Waals surface area contributed by atoms with Crippen LogP contribution in [0.3, 0.4) is 0 Å². The van der Waals surface area contributed by atoms with Crippen LogP contribution in [0.4, 0.5) is 0 Å². The van der Waals surface area contributed by atoms with Gasteiger partial charge in [0, 0.05) is 12.0 Å². The summed E-state index contributed by atoms with van der Waals surface area (Å²) in [4.78, 5) is 22.3. The van der Waals surface area contributed by atoms with E-state index in [4.69, 9.17) is 4.42 Å². The van der Waals surface area contributed by atoms with Crippen LogP contribution in [-0.4, -0.2) is 18.9 Å². The van der Waals surface area contributed by atoms with Gasteiger partial charge in [-0.1, -0.05) is 12.1 Å². The Morgan fingerprint density at radius 2 is 1.96 bits per heavy atom. The first-order valence-electron chi connectivity index (χ1n) is 8.61. The molecule has 6 nitrogen and oxygen atoms in total. The summed E-state index contributed by atoms with van der Waals surface area (Å²) in [5.74, 6) is 0.923. The fourth-order valence-corrected chi connectivity index (χ4v) is 3.46. The number of aromatic nitrogens is 4. The van der Waals surface area contributed by atoms with Gasteiger partial charge in [-0.25, -0.2) is 9.97 Å². The molecule has 3 heterocycles. The van der Waals surface area contributed by atoms with Gasteiger partial charge in [0.15, 0.2) is 5.69 Å². The zero-order chi connectivity index (χ0) is 17.1. The second-order valence-corrected chi connectivity index (χ2v) is 6.92. The topological polar surface area (TPSA) is 65.3 Å². The van der Waals surface area contributed by atoms with Gasteiger partial charge in [0.05, 0.1) is 16.7 Å². The van der Waals surface area contributed by atoms with Crippen LogP contribution in [0, 0.1) is 0 Å². The number of rotatable bonds is 3. The number of imidazole rings is 1. The van der Waals surface area contributed by atoms with Crippen molar-refractivity contribution in [1.29, 1.82) is 0 Å². The molecular formula is C19H18N4O2. The van der Waals surface area contributed by atoms with Crippen LogP contribution in [0.25, 0.3) is 28.1 Å². The molecule has 1 saturated carbocycles. The number of nitrogens with zero attached hydrogens (tertiary/aromatic N) is 4. The fourth-order valence-electron chi connectivity index (χ4n) is 3.46. The van der Waals surface area contributed by atoms with Crippen molar-refractivity contribution in [3.63, 3.8) is 0 Å². The molecule has 1 aliphatic rings. The third kappa shape index (κ3) is 2.06. The Kier molecular flexibility index (Phi) is 2.92. The molecule has 0 bridgehead atoms. The molecule has 0 amide bonds. The highest BCUT2D eigenvalue weighted by molar-refractivity contribution is 5.83. The number of oxazole rings is 1. The summed E-state index contributed by atoms with van der Waals surface area (Å²) < 4.78 is 9.30. The lowest BCUT2D eigenvalue weighted by Gasteiger charge is -2.15. The maximum absolute atomic E-state index is 13.2. The fraction of sp³-hybridized carbons (Fsp3) is 0.316. The van der Waals surface area contributed by atoms with Gasteiger partial charge in [-0.2, -0.15) is 0 Å². The first kappa shape index (κ1) is 14.5. The minimum atomic E-state index is -0.0765. The standard InChI is InChI=1S/C19H18N4O2/c1-11(2)23-15-6-4-3-5-14(15)22-10-20-16(17(22)19(23)24)18-21-13(9-25-18)12-7-8-12/h3-6,9-12H,7-8H2,1-2H3. The van der Waals surface area contributed by atoms with Gasteiger partial charge in [-0.3, -0.25) is 9.20 Å². The largest absolute Gasteiger partial charge is 0.443 e. The van der Waals surface area contributed by atoms with Crippen molar-refractivity contribution in [2.45, 2.75) is 38.6 Å². The van der Waals surface area contributed by atoms with Gasteiger partial charge in [0.1, 0.15) is 18.1 Å². The average Bonchev–Trinajstić information content (AvgIpc) is 3.17. The summed E-state index contributed by atoms with van der Waals surface area (Å²) >= 11 is 0. The molecule has 0 saturated heterocycles. The number of hydrogen-bond acceptors (Lipinski definition) is 4. The summed E-state index contributed by atoms with van der Waals surface area (Å²) in [6.07, 6.45) is 5.68. The van der Waals surface area contributed by atoms with Gasteiger partial charge in [0.2, 0.25) is 5.89 Å². The quantitative estimate of drug-likeness (QED) is 0.572. The van der Waals surface area contributed by atoms with Crippen molar-refractivity contribution >= 4 is 16.6 Å². The summed E-state index contributed by atoms with van der Waals surface area (Å²) in [6, 6.07) is 7.91. The van der Waals surface area contributed by atoms with E-state index in [9.17, 15) is 4.79 Å². The number of para-hydroxylation sites is 2. The maximum atomic E-state index is 13.2. The van der Waals surface area contributed by atoms with Crippen molar-refractivity contribution in [2.24, 2.45) is 0 Å². The number of fused-ring (bicyclic) bond motifs is 3. The minimum absolute atomic E-state index is 0.0386. The zero-order valence-corrected chi connectivity index (χ0v) is 14.1. The third-order valence-corrected chi connectivity index (χ3v) is 4.83. The lowest BCUT2D eigenvalue weighted by Crippen LogP contribution is -2.24. The van der Waals surface area contributed by atoms with Gasteiger partial charge < -0.3 is 8.98 Å². The molecule has 1 aromatic carbocycles. The molecule has 0 aliphatic heterocycles. The van der Waals surface area contributed by atoms with Gasteiger partial charge >= 0.3 is 0 Å². The molecule has 0 spiro atoms. The molecule has 1 fully saturated rings. The smallest absolute Gasteiger partial charge is 0.278 e. The van der Waals surface area contributed by atoms with Crippen LogP contribution >= 0.6 is 0 Å². The van der Waals surface area contributed by atoms with Crippen LogP contribution in [-0.2, 0) is 0 Å². The van der Waals surface area contributed by atoms with E-state index in [0.29, 0.717) is 23.0 Å². The second-order valence-electron chi connectivity index (χ2n) is 6.92. The van der Waals surface area contributed by atoms with Gasteiger partial charge in [-0.05, 0) is 38.8 Å². The Hall–Kier alpha value is -2.89. The van der Waals surface area contributed by atoms with E-state index >= 15 is 0 Å². The molecule has 0 unspecified atom stereocenters. The van der Waals surface area contributed by atoms with Crippen molar-refractivity contribution in [1.82, 2.24) is 18.9 Å². The Morgan fingerprint density at radius 3 is 2.68 bits per heavy atom. The van der Waals surface area contributed by atoms with E-state index in [0.717, 1.165) is 29.6 Å². The van der Waals surface area contributed by atoms with Crippen molar-refractivity contribution < 1.29 is 4.42 Å². The predicted octanol–water partition coefficient (Wildman–Crippen LogP) is 3.76. The summed E-state index contributed by atoms with van der Waals surface area (Å²) in [7, 11) is 0. The molecule has 5 rings (SSSR count). The van der Waals surface area contributed by atoms with Crippen molar-refractivity contribution in [3.8, 4) is 11.6 Å². The average molecular weight is 334 g/mol. The van der Waals surface area contributed by atoms with E-state index < -0.39 is 0 Å². The highest BCUT2D eigenvalue weighted by atomic mass is 16.3. The van der Waals surface area contributed by atoms with E-state index in [1.807, 2.05) is 42.5 Å². The first-order chi connectivity index (χ1) is 12.1. The molecule has 25 heavy (non-hydrogen) atoms. The first-order valence-corrected chi connectivity index (χ1v) is 8.61. The minimum Gasteiger partial charge on any atom is -0.443 e. The third-order valence-electron chi connectivity index (χ3n) is 4.83. The van der Waals surface area contributed by atoms with Gasteiger partial charge in [-0.15, -0.1) is 0 Å². The molecule has 3 aromatic heterocycles. The van der Waals surface area contributed by atoms with Crippen LogP contribution in [0.1, 0.15) is 44.3 Å². The molecule has 0 N–H and O–H groups in total. The number of hydrogen-bond donors (Lipinski definition) is 0. The van der Waals surface area contributed by atoms with Crippen LogP contribution in [0.15, 0.2) is 46.1 Å². The Morgan fingerprint density at radius 1 is 1.20 bits per heavy atom. The molecular weight excluding hydrogens is 316 g/mol. The SMILES string of the molecule is CC(C)n1c(=O)c2c(-c3nc(C4CC4)co3)ncn2c2ccccc21. The van der Waals surface area contributed by atoms with E-state index in [-0.39, 0.29) is 11.6 Å². The highest BCUT2D eigenvalue weighted by Crippen LogP contribution is 2.40. The Bertz CT molecular complexity index is 1160. The lowest BCUT2D eigenvalue weighted by atomic mass is 10.2. The molecule has 1 aliphatic carbocycles. The molecule has 0 atom stereocenters. The van der Waals surface area contributed by atoms with Crippen LogP contribution in [0.5, 0.6) is 0 Å². The summed E-state index contributed by atoms with van der Waals surface area (Å²) in [6.45, 7) is 4.02. The number of benzene rings is 1. The maximum Gasteiger partial charge on any atom is 0.278 e.